The van der Waals surface area contributed by atoms with Crippen molar-refractivity contribution in [2.45, 2.75) is 26.7 Å². The number of amides is 1. The fourth-order valence-electron chi connectivity index (χ4n) is 2.90. The fourth-order valence-corrected chi connectivity index (χ4v) is 2.90. The van der Waals surface area contributed by atoms with Gasteiger partial charge >= 0.3 is 6.09 Å². The molecule has 8 heteroatoms. The Morgan fingerprint density at radius 1 is 1.11 bits per heavy atom. The van der Waals surface area contributed by atoms with E-state index in [2.05, 4.69) is 34.3 Å². The Labute approximate surface area is 185 Å². The molecule has 0 unspecified atom stereocenters. The molecule has 1 saturated heterocycles. The lowest BCUT2D eigenvalue weighted by Gasteiger charge is -2.35. The molecule has 0 spiro atoms. The zero-order valence-corrected chi connectivity index (χ0v) is 19.5. The summed E-state index contributed by atoms with van der Waals surface area (Å²) < 4.78 is 10.8. The van der Waals surface area contributed by atoms with Gasteiger partial charge in [-0.1, -0.05) is 17.7 Å². The van der Waals surface area contributed by atoms with E-state index in [0.29, 0.717) is 26.3 Å². The minimum Gasteiger partial charge on any atom is -0.494 e. The van der Waals surface area contributed by atoms with Gasteiger partial charge in [-0.25, -0.2) is 4.79 Å². The van der Waals surface area contributed by atoms with E-state index in [9.17, 15) is 4.79 Å². The predicted molar refractivity (Wildman–Crippen MR) is 123 cm³/mol. The van der Waals surface area contributed by atoms with E-state index in [1.54, 1.807) is 11.9 Å². The highest BCUT2D eigenvalue weighted by molar-refractivity contribution is 14.0. The minimum absolute atomic E-state index is 0. The number of benzene rings is 1. The first-order chi connectivity index (χ1) is 13.1. The molecule has 158 valence electrons. The molecule has 1 aliphatic rings. The van der Waals surface area contributed by atoms with Crippen molar-refractivity contribution < 1.29 is 14.3 Å². The Kier molecular flexibility index (Phi) is 11.7. The van der Waals surface area contributed by atoms with Crippen LogP contribution in [0.5, 0.6) is 5.75 Å². The van der Waals surface area contributed by atoms with Crippen LogP contribution < -0.4 is 10.1 Å². The lowest BCUT2D eigenvalue weighted by molar-refractivity contribution is 0.0914. The van der Waals surface area contributed by atoms with Crippen molar-refractivity contribution in [2.75, 3.05) is 53.0 Å². The van der Waals surface area contributed by atoms with Crippen molar-refractivity contribution in [2.24, 2.45) is 4.99 Å². The molecule has 0 aromatic heterocycles. The second kappa shape index (κ2) is 13.5. The number of carbonyl (C=O) groups excluding carboxylic acids is 1. The highest BCUT2D eigenvalue weighted by Gasteiger charge is 2.23. The minimum atomic E-state index is -0.228. The fraction of sp³-hybridized carbons (Fsp3) is 0.600. The third-order valence-electron chi connectivity index (χ3n) is 4.46. The summed E-state index contributed by atoms with van der Waals surface area (Å²) in [6.07, 6.45) is 1.76. The standard InChI is InChI=1S/C20H32N4O3.HI/c1-4-26-20(25)24-14-12-23(13-15-24)19(21-3)22-11-5-6-16-27-18-9-7-17(2)8-10-18;/h7-10H,4-6,11-16H2,1-3H3,(H,21,22);1H. The summed E-state index contributed by atoms with van der Waals surface area (Å²) in [6.45, 7) is 8.70. The van der Waals surface area contributed by atoms with Gasteiger partial charge in [-0.15, -0.1) is 24.0 Å². The number of aryl methyl sites for hydroxylation is 1. The van der Waals surface area contributed by atoms with Gasteiger partial charge in [0, 0.05) is 39.8 Å². The molecule has 1 amide bonds. The van der Waals surface area contributed by atoms with Crippen LogP contribution in [0, 0.1) is 6.92 Å². The monoisotopic (exact) mass is 504 g/mol. The van der Waals surface area contributed by atoms with Gasteiger partial charge in [-0.05, 0) is 38.8 Å². The molecule has 1 heterocycles. The molecule has 1 aromatic carbocycles. The first-order valence-corrected chi connectivity index (χ1v) is 9.70. The molecule has 1 aliphatic heterocycles. The van der Waals surface area contributed by atoms with Crippen LogP contribution in [-0.4, -0.2) is 74.8 Å². The third-order valence-corrected chi connectivity index (χ3v) is 4.46. The maximum atomic E-state index is 11.8. The normalized spacial score (nSPS) is 14.3. The van der Waals surface area contributed by atoms with Crippen molar-refractivity contribution in [3.05, 3.63) is 29.8 Å². The Morgan fingerprint density at radius 3 is 2.36 bits per heavy atom. The summed E-state index contributed by atoms with van der Waals surface area (Å²) in [6, 6.07) is 8.13. The Bertz CT molecular complexity index is 602. The second-order valence-electron chi connectivity index (χ2n) is 6.52. The van der Waals surface area contributed by atoms with Crippen LogP contribution in [0.1, 0.15) is 25.3 Å². The number of piperazine rings is 1. The predicted octanol–water partition coefficient (Wildman–Crippen LogP) is 3.12. The Balaban J connectivity index is 0.00000392. The first kappa shape index (κ1) is 24.3. The van der Waals surface area contributed by atoms with Crippen LogP contribution in [0.4, 0.5) is 4.79 Å². The van der Waals surface area contributed by atoms with Crippen molar-refractivity contribution in [1.29, 1.82) is 0 Å². The summed E-state index contributed by atoms with van der Waals surface area (Å²) in [5.74, 6) is 1.81. The quantitative estimate of drug-likeness (QED) is 0.268. The number of nitrogens with one attached hydrogen (secondary N) is 1. The largest absolute Gasteiger partial charge is 0.494 e. The zero-order chi connectivity index (χ0) is 19.5. The first-order valence-electron chi connectivity index (χ1n) is 9.70. The van der Waals surface area contributed by atoms with Crippen molar-refractivity contribution in [3.63, 3.8) is 0 Å². The van der Waals surface area contributed by atoms with E-state index in [1.165, 1.54) is 5.56 Å². The summed E-state index contributed by atoms with van der Waals surface area (Å²) in [4.78, 5) is 20.0. The Morgan fingerprint density at radius 2 is 1.75 bits per heavy atom. The van der Waals surface area contributed by atoms with Crippen LogP contribution in [0.15, 0.2) is 29.3 Å². The Hall–Kier alpha value is -1.71. The SMILES string of the molecule is CCOC(=O)N1CCN(C(=NC)NCCCCOc2ccc(C)cc2)CC1.I. The van der Waals surface area contributed by atoms with Crippen LogP contribution in [0.25, 0.3) is 0 Å². The number of nitrogens with zero attached hydrogens (tertiary/aromatic N) is 3. The van der Waals surface area contributed by atoms with E-state index in [-0.39, 0.29) is 30.1 Å². The smallest absolute Gasteiger partial charge is 0.409 e. The third kappa shape index (κ3) is 8.12. The van der Waals surface area contributed by atoms with Crippen LogP contribution >= 0.6 is 24.0 Å². The van der Waals surface area contributed by atoms with Crippen molar-refractivity contribution in [1.82, 2.24) is 15.1 Å². The van der Waals surface area contributed by atoms with E-state index >= 15 is 0 Å². The second-order valence-corrected chi connectivity index (χ2v) is 6.52. The molecule has 1 aromatic rings. The van der Waals surface area contributed by atoms with Crippen molar-refractivity contribution >= 4 is 36.0 Å². The molecule has 7 nitrogen and oxygen atoms in total. The van der Waals surface area contributed by atoms with E-state index in [4.69, 9.17) is 9.47 Å². The number of halogens is 1. The molecule has 0 aliphatic carbocycles. The summed E-state index contributed by atoms with van der Waals surface area (Å²) in [7, 11) is 1.79. The number of unbranched alkanes of at least 4 members (excludes halogenated alkanes) is 1. The number of hydrogen-bond donors (Lipinski definition) is 1. The number of guanidine groups is 1. The van der Waals surface area contributed by atoms with E-state index in [0.717, 1.165) is 44.2 Å². The molecular weight excluding hydrogens is 471 g/mol. The summed E-state index contributed by atoms with van der Waals surface area (Å²) >= 11 is 0. The van der Waals surface area contributed by atoms with Crippen LogP contribution in [-0.2, 0) is 4.74 Å². The highest BCUT2D eigenvalue weighted by Crippen LogP contribution is 2.11. The molecular formula is C20H33IN4O3. The lowest BCUT2D eigenvalue weighted by Crippen LogP contribution is -2.54. The van der Waals surface area contributed by atoms with E-state index in [1.807, 2.05) is 19.1 Å². The van der Waals surface area contributed by atoms with Crippen LogP contribution in [0.3, 0.4) is 0 Å². The van der Waals surface area contributed by atoms with Gasteiger partial charge in [-0.2, -0.15) is 0 Å². The number of hydrogen-bond acceptors (Lipinski definition) is 4. The van der Waals surface area contributed by atoms with E-state index < -0.39 is 0 Å². The number of ether oxygens (including phenoxy) is 2. The molecule has 1 fully saturated rings. The van der Waals surface area contributed by atoms with Gasteiger partial charge in [0.05, 0.1) is 13.2 Å². The molecule has 0 radical (unpaired) electrons. The lowest BCUT2D eigenvalue weighted by atomic mass is 10.2. The highest BCUT2D eigenvalue weighted by atomic mass is 127. The molecule has 0 atom stereocenters. The topological polar surface area (TPSA) is 66.4 Å². The van der Waals surface area contributed by atoms with Gasteiger partial charge in [0.1, 0.15) is 5.75 Å². The average molecular weight is 504 g/mol. The van der Waals surface area contributed by atoms with Gasteiger partial charge in [0.25, 0.3) is 0 Å². The molecule has 0 bridgehead atoms. The maximum absolute atomic E-state index is 11.8. The number of rotatable bonds is 7. The summed E-state index contributed by atoms with van der Waals surface area (Å²) in [5.41, 5.74) is 1.24. The van der Waals surface area contributed by atoms with Gasteiger partial charge in [0.15, 0.2) is 5.96 Å². The number of aliphatic imine (C=N–C) groups is 1. The van der Waals surface area contributed by atoms with Gasteiger partial charge < -0.3 is 24.6 Å². The van der Waals surface area contributed by atoms with Crippen molar-refractivity contribution in [3.8, 4) is 5.75 Å². The zero-order valence-electron chi connectivity index (χ0n) is 17.1. The average Bonchev–Trinajstić information content (AvgIpc) is 2.69. The van der Waals surface area contributed by atoms with Gasteiger partial charge in [-0.3, -0.25) is 4.99 Å². The molecule has 1 N–H and O–H groups in total. The van der Waals surface area contributed by atoms with Gasteiger partial charge in [0.2, 0.25) is 0 Å². The summed E-state index contributed by atoms with van der Waals surface area (Å²) in [5, 5.41) is 3.40. The maximum Gasteiger partial charge on any atom is 0.409 e. The molecule has 2 rings (SSSR count). The molecule has 28 heavy (non-hydrogen) atoms. The molecule has 0 saturated carbocycles. The van der Waals surface area contributed by atoms with Crippen LogP contribution in [0.2, 0.25) is 0 Å². The number of carbonyl (C=O) groups is 1.